The molecular formula is C18H22N2O4. The highest BCUT2D eigenvalue weighted by Gasteiger charge is 2.36. The van der Waals surface area contributed by atoms with Crippen molar-refractivity contribution in [3.8, 4) is 11.5 Å². The summed E-state index contributed by atoms with van der Waals surface area (Å²) in [5.74, 6) is 1.71. The van der Waals surface area contributed by atoms with Crippen molar-refractivity contribution in [2.24, 2.45) is 0 Å². The fourth-order valence-electron chi connectivity index (χ4n) is 3.48. The Morgan fingerprint density at radius 1 is 1.25 bits per heavy atom. The summed E-state index contributed by atoms with van der Waals surface area (Å²) in [6, 6.07) is 5.33. The predicted molar refractivity (Wildman–Crippen MR) is 88.5 cm³/mol. The molecule has 2 heterocycles. The van der Waals surface area contributed by atoms with Gasteiger partial charge in [-0.3, -0.25) is 4.79 Å². The van der Waals surface area contributed by atoms with Gasteiger partial charge in [0, 0.05) is 12.1 Å². The summed E-state index contributed by atoms with van der Waals surface area (Å²) >= 11 is 0. The molecule has 0 saturated carbocycles. The lowest BCUT2D eigenvalue weighted by molar-refractivity contribution is 0.0727. The summed E-state index contributed by atoms with van der Waals surface area (Å²) in [4.78, 5) is 15.1. The van der Waals surface area contributed by atoms with E-state index in [2.05, 4.69) is 5.16 Å². The molecule has 1 saturated heterocycles. The van der Waals surface area contributed by atoms with Crippen LogP contribution < -0.4 is 9.47 Å². The number of aryl methyl sites for hydroxylation is 2. The molecule has 1 aliphatic rings. The van der Waals surface area contributed by atoms with Gasteiger partial charge in [0.2, 0.25) is 0 Å². The van der Waals surface area contributed by atoms with Gasteiger partial charge in [-0.15, -0.1) is 0 Å². The number of likely N-dealkylation sites (tertiary alicyclic amines) is 1. The van der Waals surface area contributed by atoms with Gasteiger partial charge in [-0.1, -0.05) is 11.2 Å². The minimum absolute atomic E-state index is 0.0293. The maximum atomic E-state index is 13.2. The molecule has 1 amide bonds. The number of carbonyl (C=O) groups is 1. The van der Waals surface area contributed by atoms with Gasteiger partial charge in [-0.25, -0.2) is 0 Å². The monoisotopic (exact) mass is 330 g/mol. The van der Waals surface area contributed by atoms with Gasteiger partial charge in [0.25, 0.3) is 5.91 Å². The van der Waals surface area contributed by atoms with Gasteiger partial charge >= 0.3 is 0 Å². The number of carbonyl (C=O) groups excluding carboxylic acids is 1. The molecule has 1 aromatic carbocycles. The molecule has 3 rings (SSSR count). The van der Waals surface area contributed by atoms with Gasteiger partial charge in [-0.05, 0) is 38.8 Å². The van der Waals surface area contributed by atoms with E-state index in [9.17, 15) is 4.79 Å². The van der Waals surface area contributed by atoms with Gasteiger partial charge in [0.15, 0.2) is 0 Å². The molecule has 0 aliphatic carbocycles. The Labute approximate surface area is 141 Å². The van der Waals surface area contributed by atoms with E-state index in [1.807, 2.05) is 24.8 Å². The molecule has 6 nitrogen and oxygen atoms in total. The van der Waals surface area contributed by atoms with Crippen LogP contribution in [-0.4, -0.2) is 36.7 Å². The molecular weight excluding hydrogens is 308 g/mol. The van der Waals surface area contributed by atoms with Crippen molar-refractivity contribution >= 4 is 5.91 Å². The third-order valence-electron chi connectivity index (χ3n) is 4.58. The number of benzene rings is 1. The summed E-state index contributed by atoms with van der Waals surface area (Å²) in [5.41, 5.74) is 2.31. The molecule has 6 heteroatoms. The quantitative estimate of drug-likeness (QED) is 0.861. The maximum absolute atomic E-state index is 13.2. The lowest BCUT2D eigenvalue weighted by atomic mass is 10.0. The fraction of sp³-hybridized carbons (Fsp3) is 0.444. The molecule has 0 unspecified atom stereocenters. The standard InChI is InChI=1S/C18H22N2O4/c1-11-16(12(2)24-19-11)13-7-6-10-20(13)18(21)17-14(22-3)8-5-9-15(17)23-4/h5,8-9,13H,6-7,10H2,1-4H3/t13-/m0/s1. The SMILES string of the molecule is COc1cccc(OC)c1C(=O)N1CCC[C@H]1c1c(C)noc1C. The first kappa shape index (κ1) is 16.4. The van der Waals surface area contributed by atoms with Gasteiger partial charge in [0.05, 0.1) is 26.0 Å². The number of rotatable bonds is 4. The molecule has 1 aliphatic heterocycles. The normalized spacial score (nSPS) is 17.2. The Morgan fingerprint density at radius 2 is 1.92 bits per heavy atom. The van der Waals surface area contributed by atoms with E-state index in [4.69, 9.17) is 14.0 Å². The number of nitrogens with zero attached hydrogens (tertiary/aromatic N) is 2. The van der Waals surface area contributed by atoms with Crippen LogP contribution in [0.1, 0.15) is 46.3 Å². The minimum Gasteiger partial charge on any atom is -0.496 e. The molecule has 0 bridgehead atoms. The van der Waals surface area contributed by atoms with Crippen LogP contribution in [0.2, 0.25) is 0 Å². The number of hydrogen-bond acceptors (Lipinski definition) is 5. The van der Waals surface area contributed by atoms with E-state index in [0.29, 0.717) is 23.6 Å². The van der Waals surface area contributed by atoms with Crippen LogP contribution in [0.5, 0.6) is 11.5 Å². The minimum atomic E-state index is -0.0909. The summed E-state index contributed by atoms with van der Waals surface area (Å²) in [6.45, 7) is 4.49. The summed E-state index contributed by atoms with van der Waals surface area (Å²) in [5, 5.41) is 4.03. The topological polar surface area (TPSA) is 64.8 Å². The van der Waals surface area contributed by atoms with Gasteiger partial charge < -0.3 is 18.9 Å². The zero-order valence-corrected chi connectivity index (χ0v) is 14.5. The maximum Gasteiger partial charge on any atom is 0.261 e. The molecule has 0 N–H and O–H groups in total. The molecule has 1 atom stereocenters. The Hall–Kier alpha value is -2.50. The van der Waals surface area contributed by atoms with Crippen LogP contribution in [-0.2, 0) is 0 Å². The summed E-state index contributed by atoms with van der Waals surface area (Å²) in [6.07, 6.45) is 1.84. The van der Waals surface area contributed by atoms with Gasteiger partial charge in [-0.2, -0.15) is 0 Å². The molecule has 2 aromatic rings. The Bertz CT molecular complexity index is 712. The summed E-state index contributed by atoms with van der Waals surface area (Å²) in [7, 11) is 3.11. The van der Waals surface area contributed by atoms with E-state index in [1.54, 1.807) is 26.4 Å². The molecule has 0 spiro atoms. The van der Waals surface area contributed by atoms with E-state index >= 15 is 0 Å². The van der Waals surface area contributed by atoms with Crippen LogP contribution in [0.4, 0.5) is 0 Å². The number of hydrogen-bond donors (Lipinski definition) is 0. The van der Waals surface area contributed by atoms with Crippen LogP contribution in [0.3, 0.4) is 0 Å². The molecule has 1 aromatic heterocycles. The highest BCUT2D eigenvalue weighted by molar-refractivity contribution is 6.00. The Kier molecular flexibility index (Phi) is 4.46. The highest BCUT2D eigenvalue weighted by atomic mass is 16.5. The number of aromatic nitrogens is 1. The first-order valence-corrected chi connectivity index (χ1v) is 8.03. The van der Waals surface area contributed by atoms with Crippen molar-refractivity contribution in [1.82, 2.24) is 10.1 Å². The first-order chi connectivity index (χ1) is 11.6. The predicted octanol–water partition coefficient (Wildman–Crippen LogP) is 3.29. The third kappa shape index (κ3) is 2.62. The fourth-order valence-corrected chi connectivity index (χ4v) is 3.48. The van der Waals surface area contributed by atoms with Crippen LogP contribution in [0.15, 0.2) is 22.7 Å². The zero-order chi connectivity index (χ0) is 17.3. The van der Waals surface area contributed by atoms with Crippen molar-refractivity contribution in [2.45, 2.75) is 32.7 Å². The summed E-state index contributed by atoms with van der Waals surface area (Å²) < 4.78 is 16.1. The largest absolute Gasteiger partial charge is 0.496 e. The second-order valence-corrected chi connectivity index (χ2v) is 5.93. The number of amides is 1. The third-order valence-corrected chi connectivity index (χ3v) is 4.58. The number of ether oxygens (including phenoxy) is 2. The Balaban J connectivity index is 2.01. The van der Waals surface area contributed by atoms with E-state index in [0.717, 1.165) is 29.9 Å². The van der Waals surface area contributed by atoms with E-state index < -0.39 is 0 Å². The average molecular weight is 330 g/mol. The van der Waals surface area contributed by atoms with E-state index in [1.165, 1.54) is 0 Å². The lowest BCUT2D eigenvalue weighted by Crippen LogP contribution is -2.31. The second-order valence-electron chi connectivity index (χ2n) is 5.93. The highest BCUT2D eigenvalue weighted by Crippen LogP contribution is 2.39. The van der Waals surface area contributed by atoms with Crippen LogP contribution in [0.25, 0.3) is 0 Å². The average Bonchev–Trinajstić information content (AvgIpc) is 3.19. The zero-order valence-electron chi connectivity index (χ0n) is 14.5. The van der Waals surface area contributed by atoms with E-state index in [-0.39, 0.29) is 11.9 Å². The smallest absolute Gasteiger partial charge is 0.261 e. The van der Waals surface area contributed by atoms with Crippen molar-refractivity contribution in [3.63, 3.8) is 0 Å². The molecule has 24 heavy (non-hydrogen) atoms. The molecule has 1 fully saturated rings. The van der Waals surface area contributed by atoms with Crippen molar-refractivity contribution < 1.29 is 18.8 Å². The van der Waals surface area contributed by atoms with Crippen molar-refractivity contribution in [3.05, 3.63) is 40.8 Å². The molecule has 128 valence electrons. The first-order valence-electron chi connectivity index (χ1n) is 8.03. The van der Waals surface area contributed by atoms with Crippen LogP contribution in [0, 0.1) is 13.8 Å². The van der Waals surface area contributed by atoms with Crippen molar-refractivity contribution in [1.29, 1.82) is 0 Å². The Morgan fingerprint density at radius 3 is 2.46 bits per heavy atom. The second kappa shape index (κ2) is 6.55. The van der Waals surface area contributed by atoms with Crippen molar-refractivity contribution in [2.75, 3.05) is 20.8 Å². The lowest BCUT2D eigenvalue weighted by Gasteiger charge is -2.26. The number of methoxy groups -OCH3 is 2. The van der Waals surface area contributed by atoms with Crippen LogP contribution >= 0.6 is 0 Å². The molecule has 0 radical (unpaired) electrons. The van der Waals surface area contributed by atoms with Gasteiger partial charge in [0.1, 0.15) is 22.8 Å².